The smallest absolute Gasteiger partial charge is 0.160 e. The molecule has 2 atom stereocenters. The van der Waals surface area contributed by atoms with Crippen LogP contribution >= 0.6 is 0 Å². The molecule has 4 heteroatoms. The van der Waals surface area contributed by atoms with Crippen molar-refractivity contribution in [3.8, 4) is 0 Å². The van der Waals surface area contributed by atoms with Crippen LogP contribution in [0.1, 0.15) is 45.6 Å². The van der Waals surface area contributed by atoms with E-state index in [0.29, 0.717) is 6.54 Å². The molecule has 0 radical (unpaired) electrons. The maximum absolute atomic E-state index is 10.0. The molecular weight excluding hydrogens is 276 g/mol. The van der Waals surface area contributed by atoms with Gasteiger partial charge in [-0.2, -0.15) is 0 Å². The molecule has 0 saturated heterocycles. The minimum atomic E-state index is -1.15. The van der Waals surface area contributed by atoms with Crippen LogP contribution in [0.5, 0.6) is 0 Å². The van der Waals surface area contributed by atoms with Crippen LogP contribution in [0.3, 0.4) is 0 Å². The van der Waals surface area contributed by atoms with Gasteiger partial charge in [0.05, 0.1) is 6.10 Å². The molecule has 0 saturated carbocycles. The van der Waals surface area contributed by atoms with Crippen LogP contribution in [-0.2, 0) is 11.2 Å². The van der Waals surface area contributed by atoms with E-state index in [-0.39, 0.29) is 12.1 Å². The van der Waals surface area contributed by atoms with Crippen LogP contribution in [-0.4, -0.2) is 36.1 Å². The summed E-state index contributed by atoms with van der Waals surface area (Å²) in [5.74, 6) is -1.15. The van der Waals surface area contributed by atoms with Crippen LogP contribution in [0.25, 0.3) is 0 Å². The lowest BCUT2D eigenvalue weighted by molar-refractivity contribution is -0.212. The molecular formula is C18H32N2O2. The lowest BCUT2D eigenvalue weighted by atomic mass is 9.98. The molecule has 0 fully saturated rings. The quantitative estimate of drug-likeness (QED) is 0.434. The van der Waals surface area contributed by atoms with Crippen molar-refractivity contribution in [3.05, 3.63) is 35.9 Å². The van der Waals surface area contributed by atoms with Crippen molar-refractivity contribution >= 4 is 0 Å². The SMILES string of the molecule is CCCCNC(Cc1ccccc1)C(CCN)OC(C)(C)O. The number of hydrogen-bond donors (Lipinski definition) is 3. The van der Waals surface area contributed by atoms with Crippen molar-refractivity contribution in [2.45, 2.75) is 64.4 Å². The summed E-state index contributed by atoms with van der Waals surface area (Å²) < 4.78 is 5.86. The number of rotatable bonds is 11. The molecule has 2 unspecified atom stereocenters. The van der Waals surface area contributed by atoms with Gasteiger partial charge in [0.1, 0.15) is 0 Å². The second-order valence-corrected chi connectivity index (χ2v) is 6.28. The summed E-state index contributed by atoms with van der Waals surface area (Å²) in [6.45, 7) is 7.01. The zero-order chi connectivity index (χ0) is 16.4. The Kier molecular flexibility index (Phi) is 8.64. The minimum absolute atomic E-state index is 0.109. The molecule has 4 nitrogen and oxygen atoms in total. The monoisotopic (exact) mass is 308 g/mol. The van der Waals surface area contributed by atoms with Crippen molar-refractivity contribution in [2.24, 2.45) is 5.73 Å². The fourth-order valence-electron chi connectivity index (χ4n) is 2.54. The van der Waals surface area contributed by atoms with E-state index in [4.69, 9.17) is 10.5 Å². The second kappa shape index (κ2) is 9.95. The third-order valence-electron chi connectivity index (χ3n) is 3.58. The molecule has 4 N–H and O–H groups in total. The highest BCUT2D eigenvalue weighted by atomic mass is 16.6. The fraction of sp³-hybridized carbons (Fsp3) is 0.667. The Hall–Kier alpha value is -0.940. The van der Waals surface area contributed by atoms with Crippen molar-refractivity contribution in [2.75, 3.05) is 13.1 Å². The van der Waals surface area contributed by atoms with E-state index in [2.05, 4.69) is 24.4 Å². The predicted octanol–water partition coefficient (Wildman–Crippen LogP) is 2.45. The average molecular weight is 308 g/mol. The van der Waals surface area contributed by atoms with E-state index in [0.717, 1.165) is 32.2 Å². The molecule has 0 aliphatic rings. The Bertz CT molecular complexity index is 390. The van der Waals surface area contributed by atoms with Gasteiger partial charge in [0.15, 0.2) is 5.79 Å². The van der Waals surface area contributed by atoms with E-state index in [1.165, 1.54) is 5.56 Å². The first-order valence-electron chi connectivity index (χ1n) is 8.34. The fourth-order valence-corrected chi connectivity index (χ4v) is 2.54. The summed E-state index contributed by atoms with van der Waals surface area (Å²) in [6, 6.07) is 10.5. The van der Waals surface area contributed by atoms with E-state index in [9.17, 15) is 5.11 Å². The van der Waals surface area contributed by atoms with Gasteiger partial charge in [0.2, 0.25) is 0 Å². The molecule has 1 aromatic carbocycles. The van der Waals surface area contributed by atoms with Crippen LogP contribution in [0, 0.1) is 0 Å². The third kappa shape index (κ3) is 7.90. The van der Waals surface area contributed by atoms with Gasteiger partial charge in [-0.3, -0.25) is 0 Å². The van der Waals surface area contributed by atoms with E-state index in [1.54, 1.807) is 13.8 Å². The molecule has 1 aromatic rings. The van der Waals surface area contributed by atoms with Gasteiger partial charge in [-0.15, -0.1) is 0 Å². The first-order chi connectivity index (χ1) is 10.5. The van der Waals surface area contributed by atoms with E-state index < -0.39 is 5.79 Å². The van der Waals surface area contributed by atoms with Crippen molar-refractivity contribution < 1.29 is 9.84 Å². The first kappa shape index (κ1) is 19.1. The van der Waals surface area contributed by atoms with Crippen LogP contribution in [0.2, 0.25) is 0 Å². The highest BCUT2D eigenvalue weighted by molar-refractivity contribution is 5.16. The van der Waals surface area contributed by atoms with Gasteiger partial charge in [-0.1, -0.05) is 43.7 Å². The first-order valence-corrected chi connectivity index (χ1v) is 8.34. The number of nitrogens with two attached hydrogens (primary N) is 1. The van der Waals surface area contributed by atoms with Crippen molar-refractivity contribution in [1.82, 2.24) is 5.32 Å². The van der Waals surface area contributed by atoms with Gasteiger partial charge in [0, 0.05) is 6.04 Å². The summed E-state index contributed by atoms with van der Waals surface area (Å²) in [4.78, 5) is 0. The molecule has 0 aliphatic carbocycles. The molecule has 126 valence electrons. The molecule has 0 spiro atoms. The van der Waals surface area contributed by atoms with Crippen molar-refractivity contribution in [1.29, 1.82) is 0 Å². The number of nitrogens with one attached hydrogen (secondary N) is 1. The number of aliphatic hydroxyl groups is 1. The molecule has 0 aromatic heterocycles. The highest BCUT2D eigenvalue weighted by Crippen LogP contribution is 2.17. The van der Waals surface area contributed by atoms with Gasteiger partial charge < -0.3 is 20.9 Å². The van der Waals surface area contributed by atoms with Crippen LogP contribution in [0.4, 0.5) is 0 Å². The summed E-state index contributed by atoms with van der Waals surface area (Å²) >= 11 is 0. The molecule has 0 bridgehead atoms. The average Bonchev–Trinajstić information content (AvgIpc) is 2.46. The Balaban J connectivity index is 2.79. The lowest BCUT2D eigenvalue weighted by Crippen LogP contribution is -2.47. The van der Waals surface area contributed by atoms with E-state index >= 15 is 0 Å². The Morgan fingerprint density at radius 3 is 2.50 bits per heavy atom. The third-order valence-corrected chi connectivity index (χ3v) is 3.58. The molecule has 22 heavy (non-hydrogen) atoms. The molecule has 0 amide bonds. The lowest BCUT2D eigenvalue weighted by Gasteiger charge is -2.33. The maximum atomic E-state index is 10.0. The van der Waals surface area contributed by atoms with Crippen LogP contribution < -0.4 is 11.1 Å². The normalized spacial score (nSPS) is 14.8. The van der Waals surface area contributed by atoms with Crippen molar-refractivity contribution in [3.63, 3.8) is 0 Å². The predicted molar refractivity (Wildman–Crippen MR) is 91.7 cm³/mol. The zero-order valence-corrected chi connectivity index (χ0v) is 14.2. The standard InChI is InChI=1S/C18H32N2O2/c1-4-5-13-20-16(14-15-9-7-6-8-10-15)17(11-12-19)22-18(2,3)21/h6-10,16-17,20-21H,4-5,11-14,19H2,1-3H3. The number of benzene rings is 1. The maximum Gasteiger partial charge on any atom is 0.160 e. The largest absolute Gasteiger partial charge is 0.366 e. The summed E-state index contributed by atoms with van der Waals surface area (Å²) in [5, 5.41) is 13.6. The Morgan fingerprint density at radius 1 is 1.27 bits per heavy atom. The minimum Gasteiger partial charge on any atom is -0.366 e. The highest BCUT2D eigenvalue weighted by Gasteiger charge is 2.27. The summed E-state index contributed by atoms with van der Waals surface area (Å²) in [7, 11) is 0. The van der Waals surface area contributed by atoms with Gasteiger partial charge in [-0.05, 0) is 51.8 Å². The Labute approximate surface area is 135 Å². The summed E-state index contributed by atoms with van der Waals surface area (Å²) in [6.07, 6.45) is 3.76. The second-order valence-electron chi connectivity index (χ2n) is 6.28. The van der Waals surface area contributed by atoms with Gasteiger partial charge in [-0.25, -0.2) is 0 Å². The number of unbranched alkanes of at least 4 members (excludes halogenated alkanes) is 1. The number of hydrogen-bond acceptors (Lipinski definition) is 4. The molecule has 0 aliphatic heterocycles. The molecule has 0 heterocycles. The number of ether oxygens (including phenoxy) is 1. The molecule has 1 rings (SSSR count). The topological polar surface area (TPSA) is 67.5 Å². The Morgan fingerprint density at radius 2 is 1.95 bits per heavy atom. The van der Waals surface area contributed by atoms with Crippen LogP contribution in [0.15, 0.2) is 30.3 Å². The summed E-state index contributed by atoms with van der Waals surface area (Å²) in [5.41, 5.74) is 7.01. The van der Waals surface area contributed by atoms with E-state index in [1.807, 2.05) is 18.2 Å². The zero-order valence-electron chi connectivity index (χ0n) is 14.2. The van der Waals surface area contributed by atoms with Gasteiger partial charge in [0.25, 0.3) is 0 Å². The van der Waals surface area contributed by atoms with Gasteiger partial charge >= 0.3 is 0 Å².